The maximum atomic E-state index is 13.6. The number of benzene rings is 1. The van der Waals surface area contributed by atoms with Crippen LogP contribution in [-0.4, -0.2) is 15.3 Å². The van der Waals surface area contributed by atoms with E-state index in [-0.39, 0.29) is 18.3 Å². The van der Waals surface area contributed by atoms with Crippen LogP contribution in [0.15, 0.2) is 48.7 Å². The van der Waals surface area contributed by atoms with E-state index in [0.29, 0.717) is 17.2 Å². The van der Waals surface area contributed by atoms with Gasteiger partial charge in [-0.25, -0.2) is 9.37 Å². The molecule has 3 aromatic rings. The van der Waals surface area contributed by atoms with Crippen molar-refractivity contribution in [2.24, 2.45) is 0 Å². The second-order valence-corrected chi connectivity index (χ2v) is 5.82. The van der Waals surface area contributed by atoms with E-state index >= 15 is 0 Å². The molecule has 4 rings (SSSR count). The van der Waals surface area contributed by atoms with Crippen LogP contribution < -0.4 is 5.32 Å². The predicted molar refractivity (Wildman–Crippen MR) is 84.7 cm³/mol. The first kappa shape index (κ1) is 13.9. The topological polar surface area (TPSA) is 46.4 Å². The highest BCUT2D eigenvalue weighted by Crippen LogP contribution is 2.39. The fourth-order valence-corrected chi connectivity index (χ4v) is 2.76. The molecule has 0 aliphatic heterocycles. The largest absolute Gasteiger partial charge is 0.346 e. The Bertz CT molecular complexity index is 883. The average molecular weight is 309 g/mol. The lowest BCUT2D eigenvalue weighted by atomic mass is 10.2. The van der Waals surface area contributed by atoms with Crippen LogP contribution in [0.1, 0.15) is 40.6 Å². The van der Waals surface area contributed by atoms with E-state index in [0.717, 1.165) is 24.2 Å². The number of hydrogen-bond acceptors (Lipinski definition) is 2. The van der Waals surface area contributed by atoms with Gasteiger partial charge >= 0.3 is 0 Å². The molecular formula is C18H16FN3O. The molecule has 1 aliphatic carbocycles. The molecule has 116 valence electrons. The van der Waals surface area contributed by atoms with Gasteiger partial charge in [-0.05, 0) is 31.0 Å². The van der Waals surface area contributed by atoms with Gasteiger partial charge in [-0.2, -0.15) is 0 Å². The van der Waals surface area contributed by atoms with Crippen molar-refractivity contribution >= 4 is 11.4 Å². The number of carbonyl (C=O) groups excluding carboxylic acids is 1. The Labute approximate surface area is 133 Å². The third-order valence-corrected chi connectivity index (χ3v) is 4.13. The molecule has 0 unspecified atom stereocenters. The van der Waals surface area contributed by atoms with E-state index in [1.54, 1.807) is 18.2 Å². The van der Waals surface area contributed by atoms with E-state index in [4.69, 9.17) is 0 Å². The summed E-state index contributed by atoms with van der Waals surface area (Å²) in [7, 11) is 0. The van der Waals surface area contributed by atoms with Crippen LogP contribution in [0.4, 0.5) is 4.39 Å². The average Bonchev–Trinajstić information content (AvgIpc) is 3.34. The lowest BCUT2D eigenvalue weighted by Crippen LogP contribution is -2.24. The van der Waals surface area contributed by atoms with Gasteiger partial charge in [0.15, 0.2) is 5.69 Å². The molecule has 23 heavy (non-hydrogen) atoms. The lowest BCUT2D eigenvalue weighted by Gasteiger charge is -2.05. The van der Waals surface area contributed by atoms with Crippen LogP contribution in [0.2, 0.25) is 0 Å². The van der Waals surface area contributed by atoms with Crippen molar-refractivity contribution in [3.05, 3.63) is 71.6 Å². The molecule has 1 saturated carbocycles. The number of nitrogens with one attached hydrogen (secondary N) is 1. The number of fused-ring (bicyclic) bond motifs is 1. The normalized spacial score (nSPS) is 14.1. The van der Waals surface area contributed by atoms with Crippen molar-refractivity contribution in [3.63, 3.8) is 0 Å². The van der Waals surface area contributed by atoms with E-state index in [1.807, 2.05) is 28.8 Å². The number of aromatic nitrogens is 2. The third-order valence-electron chi connectivity index (χ3n) is 4.13. The third kappa shape index (κ3) is 2.59. The second kappa shape index (κ2) is 5.50. The zero-order chi connectivity index (χ0) is 15.8. The molecule has 2 aromatic heterocycles. The van der Waals surface area contributed by atoms with Crippen LogP contribution in [0.3, 0.4) is 0 Å². The SMILES string of the molecule is O=C(NCc1ccccc1F)c1nc(C2CC2)n2ccccc12. The molecule has 1 N–H and O–H groups in total. The Balaban J connectivity index is 1.61. The summed E-state index contributed by atoms with van der Waals surface area (Å²) in [5.74, 6) is 0.791. The standard InChI is InChI=1S/C18H16FN3O/c19-14-6-2-1-5-13(14)11-20-18(23)16-15-7-3-4-10-22(15)17(21-16)12-8-9-12/h1-7,10,12H,8-9,11H2,(H,20,23). The van der Waals surface area contributed by atoms with Gasteiger partial charge in [0.1, 0.15) is 11.6 Å². The van der Waals surface area contributed by atoms with E-state index in [9.17, 15) is 9.18 Å². The summed E-state index contributed by atoms with van der Waals surface area (Å²) in [5, 5.41) is 2.77. The first-order valence-corrected chi connectivity index (χ1v) is 7.72. The van der Waals surface area contributed by atoms with Gasteiger partial charge in [-0.15, -0.1) is 0 Å². The van der Waals surface area contributed by atoms with Gasteiger partial charge in [-0.1, -0.05) is 24.3 Å². The second-order valence-electron chi connectivity index (χ2n) is 5.82. The minimum absolute atomic E-state index is 0.149. The highest BCUT2D eigenvalue weighted by molar-refractivity contribution is 5.99. The van der Waals surface area contributed by atoms with Crippen molar-refractivity contribution < 1.29 is 9.18 Å². The highest BCUT2D eigenvalue weighted by Gasteiger charge is 2.30. The molecule has 5 heteroatoms. The Hall–Kier alpha value is -2.69. The van der Waals surface area contributed by atoms with Gasteiger partial charge in [0.05, 0.1) is 5.52 Å². The number of nitrogens with zero attached hydrogens (tertiary/aromatic N) is 2. The van der Waals surface area contributed by atoms with Gasteiger partial charge in [-0.3, -0.25) is 4.79 Å². The zero-order valence-electron chi connectivity index (χ0n) is 12.5. The van der Waals surface area contributed by atoms with Crippen LogP contribution in [0.25, 0.3) is 5.52 Å². The molecule has 1 aromatic carbocycles. The molecule has 0 saturated heterocycles. The van der Waals surface area contributed by atoms with Crippen LogP contribution in [0, 0.1) is 5.82 Å². The monoisotopic (exact) mass is 309 g/mol. The summed E-state index contributed by atoms with van der Waals surface area (Å²) < 4.78 is 15.6. The predicted octanol–water partition coefficient (Wildman–Crippen LogP) is 3.28. The molecule has 1 amide bonds. The van der Waals surface area contributed by atoms with Crippen molar-refractivity contribution in [2.45, 2.75) is 25.3 Å². The quantitative estimate of drug-likeness (QED) is 0.804. The van der Waals surface area contributed by atoms with E-state index in [1.165, 1.54) is 6.07 Å². The summed E-state index contributed by atoms with van der Waals surface area (Å²) in [5.41, 5.74) is 1.66. The lowest BCUT2D eigenvalue weighted by molar-refractivity contribution is 0.0947. The molecule has 0 bridgehead atoms. The molecule has 1 fully saturated rings. The van der Waals surface area contributed by atoms with Crippen LogP contribution in [-0.2, 0) is 6.54 Å². The summed E-state index contributed by atoms with van der Waals surface area (Å²) in [4.78, 5) is 17.0. The highest BCUT2D eigenvalue weighted by atomic mass is 19.1. The molecule has 0 spiro atoms. The van der Waals surface area contributed by atoms with Crippen molar-refractivity contribution in [3.8, 4) is 0 Å². The van der Waals surface area contributed by atoms with E-state index in [2.05, 4.69) is 10.3 Å². The van der Waals surface area contributed by atoms with Gasteiger partial charge in [0.2, 0.25) is 0 Å². The number of pyridine rings is 1. The van der Waals surface area contributed by atoms with Crippen molar-refractivity contribution in [1.29, 1.82) is 0 Å². The Kier molecular flexibility index (Phi) is 3.33. The molecule has 0 atom stereocenters. The Morgan fingerprint density at radius 3 is 2.78 bits per heavy atom. The van der Waals surface area contributed by atoms with Crippen LogP contribution in [0.5, 0.6) is 0 Å². The summed E-state index contributed by atoms with van der Waals surface area (Å²) in [6.07, 6.45) is 4.16. The maximum Gasteiger partial charge on any atom is 0.272 e. The smallest absolute Gasteiger partial charge is 0.272 e. The minimum atomic E-state index is -0.318. The molecule has 1 aliphatic rings. The maximum absolute atomic E-state index is 13.6. The zero-order valence-corrected chi connectivity index (χ0v) is 12.5. The number of rotatable bonds is 4. The van der Waals surface area contributed by atoms with Gasteiger partial charge in [0, 0.05) is 24.2 Å². The number of amides is 1. The fraction of sp³-hybridized carbons (Fsp3) is 0.222. The van der Waals surface area contributed by atoms with Gasteiger partial charge < -0.3 is 9.72 Å². The number of hydrogen-bond donors (Lipinski definition) is 1. The Morgan fingerprint density at radius 1 is 1.22 bits per heavy atom. The van der Waals surface area contributed by atoms with Crippen molar-refractivity contribution in [1.82, 2.24) is 14.7 Å². The summed E-state index contributed by atoms with van der Waals surface area (Å²) >= 11 is 0. The van der Waals surface area contributed by atoms with Gasteiger partial charge in [0.25, 0.3) is 5.91 Å². The first-order valence-electron chi connectivity index (χ1n) is 7.72. The number of halogens is 1. The molecular weight excluding hydrogens is 293 g/mol. The minimum Gasteiger partial charge on any atom is -0.346 e. The van der Waals surface area contributed by atoms with Crippen molar-refractivity contribution in [2.75, 3.05) is 0 Å². The number of imidazole rings is 1. The molecule has 2 heterocycles. The molecule has 4 nitrogen and oxygen atoms in total. The number of carbonyl (C=O) groups is 1. The first-order chi connectivity index (χ1) is 11.2. The van der Waals surface area contributed by atoms with E-state index < -0.39 is 0 Å². The molecule has 0 radical (unpaired) electrons. The van der Waals surface area contributed by atoms with Crippen LogP contribution >= 0.6 is 0 Å². The summed E-state index contributed by atoms with van der Waals surface area (Å²) in [6, 6.07) is 12.1. The Morgan fingerprint density at radius 2 is 2.00 bits per heavy atom. The summed E-state index contributed by atoms with van der Waals surface area (Å²) in [6.45, 7) is 0.149. The fourth-order valence-electron chi connectivity index (χ4n) is 2.76.